The van der Waals surface area contributed by atoms with Gasteiger partial charge in [-0.25, -0.2) is 23.1 Å². The van der Waals surface area contributed by atoms with Gasteiger partial charge in [-0.3, -0.25) is 0 Å². The first-order chi connectivity index (χ1) is 14.5. The smallest absolute Gasteiger partial charge is 0.227 e. The van der Waals surface area contributed by atoms with Crippen LogP contribution in [0.4, 0.5) is 13.2 Å². The molecule has 4 rings (SSSR count). The van der Waals surface area contributed by atoms with E-state index >= 15 is 0 Å². The Morgan fingerprint density at radius 3 is 2.42 bits per heavy atom. The average Bonchev–Trinajstić information content (AvgIpc) is 3.32. The van der Waals surface area contributed by atoms with Gasteiger partial charge < -0.3 is 0 Å². The number of nitrogens with zero attached hydrogens (tertiary/aromatic N) is 3. The van der Waals surface area contributed by atoms with Gasteiger partial charge in [-0.2, -0.15) is 18.3 Å². The summed E-state index contributed by atoms with van der Waals surface area (Å²) in [6.07, 6.45) is -3.51. The van der Waals surface area contributed by atoms with Crippen molar-refractivity contribution in [1.29, 1.82) is 0 Å². The number of nitrogens with two attached hydrogens (primary N) is 1. The van der Waals surface area contributed by atoms with Crippen molar-refractivity contribution in [3.8, 4) is 23.1 Å². The van der Waals surface area contributed by atoms with E-state index in [1.165, 1.54) is 18.3 Å². The number of halogens is 4. The largest absolute Gasteiger partial charge is 0.433 e. The molecule has 0 radical (unpaired) electrons. The number of aromatic nitrogens is 3. The van der Waals surface area contributed by atoms with E-state index in [2.05, 4.69) is 21.9 Å². The van der Waals surface area contributed by atoms with Crippen molar-refractivity contribution in [2.24, 2.45) is 5.14 Å². The molecule has 0 saturated heterocycles. The fraction of sp³-hybridized carbons (Fsp3) is 0.0526. The Morgan fingerprint density at radius 1 is 1.10 bits per heavy atom. The van der Waals surface area contributed by atoms with Gasteiger partial charge in [0.2, 0.25) is 10.0 Å². The molecule has 0 aliphatic heterocycles. The first kappa shape index (κ1) is 21.3. The first-order valence-corrected chi connectivity index (χ1v) is 11.1. The molecule has 0 amide bonds. The number of primary sulfonamides is 1. The van der Waals surface area contributed by atoms with E-state index < -0.39 is 21.9 Å². The summed E-state index contributed by atoms with van der Waals surface area (Å²) in [5.74, 6) is 5.42. The second-order valence-electron chi connectivity index (χ2n) is 6.24. The lowest BCUT2D eigenvalue weighted by Gasteiger charge is -2.11. The topological polar surface area (TPSA) is 90.4 Å². The van der Waals surface area contributed by atoms with Crippen LogP contribution in [0.15, 0.2) is 52.9 Å². The van der Waals surface area contributed by atoms with E-state index in [0.29, 0.717) is 20.0 Å². The van der Waals surface area contributed by atoms with Crippen LogP contribution in [-0.4, -0.2) is 23.0 Å². The number of hydrogen-bond donors (Lipinski definition) is 1. The Labute approximate surface area is 183 Å². The van der Waals surface area contributed by atoms with Crippen LogP contribution >= 0.6 is 22.9 Å². The molecule has 0 fully saturated rings. The summed E-state index contributed by atoms with van der Waals surface area (Å²) in [6, 6.07) is 9.88. The lowest BCUT2D eigenvalue weighted by atomic mass is 10.1. The minimum atomic E-state index is -4.68. The van der Waals surface area contributed by atoms with Gasteiger partial charge in [-0.15, -0.1) is 11.3 Å². The van der Waals surface area contributed by atoms with Crippen molar-refractivity contribution in [2.75, 3.05) is 0 Å². The fourth-order valence-corrected chi connectivity index (χ4v) is 4.40. The molecule has 0 unspecified atom stereocenters. The van der Waals surface area contributed by atoms with Crippen molar-refractivity contribution in [3.05, 3.63) is 69.8 Å². The zero-order chi connectivity index (χ0) is 22.4. The molecular formula is C19H10ClF3N4O2S2. The van der Waals surface area contributed by atoms with E-state index in [0.717, 1.165) is 17.4 Å². The molecule has 31 heavy (non-hydrogen) atoms. The standard InChI is InChI=1S/C19H10ClF3N4O2S2/c20-13-4-1-11(2-5-13)15-9-16(19(21,22)23)27-18(26-15)12(10-25-27)3-6-14-7-8-17(30-14)31(24,28)29/h1-2,4-5,7-10H,(H2,24,28,29). The van der Waals surface area contributed by atoms with E-state index in [4.69, 9.17) is 16.7 Å². The maximum Gasteiger partial charge on any atom is 0.433 e. The SMILES string of the molecule is NS(=O)(=O)c1ccc(C#Cc2cnn3c(C(F)(F)F)cc(-c4ccc(Cl)cc4)nc23)s1. The third-order valence-electron chi connectivity index (χ3n) is 4.08. The number of alkyl halides is 3. The molecule has 3 aromatic heterocycles. The minimum absolute atomic E-state index is 0.0702. The maximum absolute atomic E-state index is 13.6. The Morgan fingerprint density at radius 2 is 1.81 bits per heavy atom. The van der Waals surface area contributed by atoms with Gasteiger partial charge in [0.05, 0.1) is 22.3 Å². The maximum atomic E-state index is 13.6. The van der Waals surface area contributed by atoms with Crippen molar-refractivity contribution < 1.29 is 21.6 Å². The molecule has 1 aromatic carbocycles. The van der Waals surface area contributed by atoms with E-state index in [9.17, 15) is 21.6 Å². The lowest BCUT2D eigenvalue weighted by Crippen LogP contribution is -2.13. The number of thiophene rings is 1. The third kappa shape index (κ3) is 4.42. The van der Waals surface area contributed by atoms with Gasteiger partial charge in [-0.1, -0.05) is 35.6 Å². The zero-order valence-electron chi connectivity index (χ0n) is 15.2. The minimum Gasteiger partial charge on any atom is -0.227 e. The monoisotopic (exact) mass is 482 g/mol. The number of benzene rings is 1. The molecule has 6 nitrogen and oxygen atoms in total. The molecule has 0 atom stereocenters. The molecular weight excluding hydrogens is 473 g/mol. The fourth-order valence-electron chi connectivity index (χ4n) is 2.69. The number of hydrogen-bond acceptors (Lipinski definition) is 5. The summed E-state index contributed by atoms with van der Waals surface area (Å²) >= 11 is 6.71. The summed E-state index contributed by atoms with van der Waals surface area (Å²) in [5, 5.41) is 9.30. The van der Waals surface area contributed by atoms with E-state index in [1.807, 2.05) is 0 Å². The summed E-state index contributed by atoms with van der Waals surface area (Å²) in [6.45, 7) is 0. The highest BCUT2D eigenvalue weighted by molar-refractivity contribution is 7.91. The Bertz CT molecular complexity index is 1460. The van der Waals surface area contributed by atoms with Crippen LogP contribution in [0.2, 0.25) is 5.02 Å². The third-order valence-corrected chi connectivity index (χ3v) is 6.78. The summed E-state index contributed by atoms with van der Waals surface area (Å²) in [7, 11) is -3.86. The number of sulfonamides is 1. The highest BCUT2D eigenvalue weighted by Crippen LogP contribution is 2.33. The molecule has 12 heteroatoms. The number of fused-ring (bicyclic) bond motifs is 1. The lowest BCUT2D eigenvalue weighted by molar-refractivity contribution is -0.142. The highest BCUT2D eigenvalue weighted by atomic mass is 35.5. The molecule has 0 spiro atoms. The van der Waals surface area contributed by atoms with Gasteiger partial charge in [0.1, 0.15) is 4.21 Å². The Balaban J connectivity index is 1.85. The molecule has 0 bridgehead atoms. The van der Waals surface area contributed by atoms with Gasteiger partial charge in [0.15, 0.2) is 11.3 Å². The molecule has 0 saturated carbocycles. The second kappa shape index (κ2) is 7.65. The van der Waals surface area contributed by atoms with Crippen LogP contribution in [0.3, 0.4) is 0 Å². The van der Waals surface area contributed by atoms with Crippen LogP contribution in [-0.2, 0) is 16.2 Å². The van der Waals surface area contributed by atoms with Crippen LogP contribution < -0.4 is 5.14 Å². The zero-order valence-corrected chi connectivity index (χ0v) is 17.6. The Hall–Kier alpha value is -2.91. The molecule has 0 aliphatic rings. The van der Waals surface area contributed by atoms with E-state index in [1.54, 1.807) is 24.3 Å². The molecule has 2 N–H and O–H groups in total. The van der Waals surface area contributed by atoms with Gasteiger partial charge in [0, 0.05) is 10.6 Å². The Kier molecular flexibility index (Phi) is 5.26. The predicted octanol–water partition coefficient (Wildman–Crippen LogP) is 4.18. The van der Waals surface area contributed by atoms with Gasteiger partial charge >= 0.3 is 6.18 Å². The van der Waals surface area contributed by atoms with Crippen LogP contribution in [0.5, 0.6) is 0 Å². The average molecular weight is 483 g/mol. The highest BCUT2D eigenvalue weighted by Gasteiger charge is 2.35. The van der Waals surface area contributed by atoms with Gasteiger partial charge in [0.25, 0.3) is 0 Å². The number of rotatable bonds is 2. The molecule has 3 heterocycles. The quantitative estimate of drug-likeness (QED) is 0.434. The molecule has 4 aromatic rings. The van der Waals surface area contributed by atoms with Crippen molar-refractivity contribution in [1.82, 2.24) is 14.6 Å². The summed E-state index contributed by atoms with van der Waals surface area (Å²) in [5.41, 5.74) is -0.438. The van der Waals surface area contributed by atoms with Crippen LogP contribution in [0.25, 0.3) is 16.9 Å². The molecule has 158 valence electrons. The summed E-state index contributed by atoms with van der Waals surface area (Å²) < 4.78 is 64.3. The molecule has 0 aliphatic carbocycles. The van der Waals surface area contributed by atoms with Crippen molar-refractivity contribution in [2.45, 2.75) is 10.4 Å². The van der Waals surface area contributed by atoms with Crippen molar-refractivity contribution >= 4 is 38.6 Å². The summed E-state index contributed by atoms with van der Waals surface area (Å²) in [4.78, 5) is 4.68. The van der Waals surface area contributed by atoms with Gasteiger partial charge in [-0.05, 0) is 30.3 Å². The normalized spacial score (nSPS) is 12.0. The predicted molar refractivity (Wildman–Crippen MR) is 110 cm³/mol. The van der Waals surface area contributed by atoms with E-state index in [-0.39, 0.29) is 21.1 Å². The van der Waals surface area contributed by atoms with Crippen LogP contribution in [0, 0.1) is 11.8 Å². The van der Waals surface area contributed by atoms with Crippen LogP contribution in [0.1, 0.15) is 16.1 Å². The first-order valence-electron chi connectivity index (χ1n) is 8.39. The van der Waals surface area contributed by atoms with Crippen molar-refractivity contribution in [3.63, 3.8) is 0 Å². The second-order valence-corrected chi connectivity index (χ2v) is 9.55.